The quantitative estimate of drug-likeness (QED) is 0.781. The lowest BCUT2D eigenvalue weighted by molar-refractivity contribution is -0.120. The first kappa shape index (κ1) is 14.7. The average Bonchev–Trinajstić information content (AvgIpc) is 2.37. The number of nitrogens with one attached hydrogen (secondary N) is 2. The van der Waals surface area contributed by atoms with Gasteiger partial charge in [0.25, 0.3) is 0 Å². The summed E-state index contributed by atoms with van der Waals surface area (Å²) < 4.78 is 5.04. The van der Waals surface area contributed by atoms with E-state index in [2.05, 4.69) is 24.5 Å². The molecule has 4 nitrogen and oxygen atoms in total. The summed E-state index contributed by atoms with van der Waals surface area (Å²) in [6.45, 7) is 7.65. The van der Waals surface area contributed by atoms with Gasteiger partial charge >= 0.3 is 0 Å². The van der Waals surface area contributed by atoms with Crippen LogP contribution < -0.4 is 10.6 Å². The van der Waals surface area contributed by atoms with Crippen LogP contribution in [0.5, 0.6) is 0 Å². The van der Waals surface area contributed by atoms with Crippen LogP contribution in [0, 0.1) is 0 Å². The van der Waals surface area contributed by atoms with Crippen LogP contribution in [-0.4, -0.2) is 25.7 Å². The van der Waals surface area contributed by atoms with Crippen molar-refractivity contribution in [3.05, 3.63) is 29.8 Å². The molecule has 100 valence electrons. The molecule has 0 bridgehead atoms. The maximum atomic E-state index is 11.4. The van der Waals surface area contributed by atoms with Gasteiger partial charge < -0.3 is 15.4 Å². The summed E-state index contributed by atoms with van der Waals surface area (Å²) in [5, 5.41) is 6.13. The molecular weight excluding hydrogens is 228 g/mol. The van der Waals surface area contributed by atoms with E-state index in [4.69, 9.17) is 4.74 Å². The molecule has 1 rings (SSSR count). The molecule has 0 radical (unpaired) electrons. The van der Waals surface area contributed by atoms with Crippen molar-refractivity contribution in [2.75, 3.05) is 25.1 Å². The maximum absolute atomic E-state index is 11.4. The Morgan fingerprint density at radius 3 is 2.50 bits per heavy atom. The third-order valence-electron chi connectivity index (χ3n) is 2.64. The Labute approximate surface area is 109 Å². The first-order valence-corrected chi connectivity index (χ1v) is 6.38. The first-order chi connectivity index (χ1) is 8.67. The van der Waals surface area contributed by atoms with Crippen LogP contribution in [0.2, 0.25) is 0 Å². The molecular formula is C14H22N2O2. The fraction of sp³-hybridized carbons (Fsp3) is 0.500. The number of carbonyl (C=O) groups excluding carboxylic acids is 1. The van der Waals surface area contributed by atoms with Gasteiger partial charge in [-0.15, -0.1) is 0 Å². The van der Waals surface area contributed by atoms with Gasteiger partial charge in [-0.1, -0.05) is 19.1 Å². The first-order valence-electron chi connectivity index (χ1n) is 6.38. The largest absolute Gasteiger partial charge is 0.372 e. The van der Waals surface area contributed by atoms with E-state index in [1.807, 2.05) is 31.2 Å². The van der Waals surface area contributed by atoms with E-state index in [1.165, 1.54) is 5.56 Å². The van der Waals surface area contributed by atoms with Gasteiger partial charge in [0.2, 0.25) is 5.91 Å². The Bertz CT molecular complexity index is 363. The number of ether oxygens (including phenoxy) is 1. The molecule has 0 spiro atoms. The van der Waals surface area contributed by atoms with E-state index in [0.717, 1.165) is 12.2 Å². The SMILES string of the molecule is CCNC(C)c1ccc(NC(=O)COCC)cc1. The number of benzene rings is 1. The number of amides is 1. The molecule has 0 saturated heterocycles. The van der Waals surface area contributed by atoms with Crippen LogP contribution in [0.15, 0.2) is 24.3 Å². The Hall–Kier alpha value is -1.39. The van der Waals surface area contributed by atoms with Crippen molar-refractivity contribution in [1.82, 2.24) is 5.32 Å². The minimum atomic E-state index is -0.121. The van der Waals surface area contributed by atoms with Crippen LogP contribution in [0.4, 0.5) is 5.69 Å². The van der Waals surface area contributed by atoms with Crippen molar-refractivity contribution in [2.24, 2.45) is 0 Å². The molecule has 18 heavy (non-hydrogen) atoms. The highest BCUT2D eigenvalue weighted by Crippen LogP contribution is 2.15. The Balaban J connectivity index is 2.52. The zero-order valence-corrected chi connectivity index (χ0v) is 11.3. The summed E-state index contributed by atoms with van der Waals surface area (Å²) in [6, 6.07) is 8.18. The zero-order valence-electron chi connectivity index (χ0n) is 11.3. The normalized spacial score (nSPS) is 12.2. The summed E-state index contributed by atoms with van der Waals surface area (Å²) in [6.07, 6.45) is 0. The van der Waals surface area contributed by atoms with Gasteiger partial charge in [-0.3, -0.25) is 4.79 Å². The predicted octanol–water partition coefficient (Wildman–Crippen LogP) is 2.33. The van der Waals surface area contributed by atoms with Crippen molar-refractivity contribution < 1.29 is 9.53 Å². The second kappa shape index (κ2) is 7.84. The fourth-order valence-electron chi connectivity index (χ4n) is 1.67. The highest BCUT2D eigenvalue weighted by molar-refractivity contribution is 5.91. The van der Waals surface area contributed by atoms with Crippen LogP contribution >= 0.6 is 0 Å². The topological polar surface area (TPSA) is 50.4 Å². The van der Waals surface area contributed by atoms with Crippen LogP contribution in [0.1, 0.15) is 32.4 Å². The van der Waals surface area contributed by atoms with Crippen LogP contribution in [0.3, 0.4) is 0 Å². The summed E-state index contributed by atoms with van der Waals surface area (Å²) in [4.78, 5) is 11.4. The lowest BCUT2D eigenvalue weighted by Gasteiger charge is -2.13. The summed E-state index contributed by atoms with van der Waals surface area (Å²) >= 11 is 0. The summed E-state index contributed by atoms with van der Waals surface area (Å²) in [7, 11) is 0. The van der Waals surface area contributed by atoms with Crippen molar-refractivity contribution in [3.63, 3.8) is 0 Å². The highest BCUT2D eigenvalue weighted by Gasteiger charge is 2.05. The Kier molecular flexibility index (Phi) is 6.39. The molecule has 0 heterocycles. The van der Waals surface area contributed by atoms with Crippen molar-refractivity contribution in [2.45, 2.75) is 26.8 Å². The van der Waals surface area contributed by atoms with E-state index in [1.54, 1.807) is 0 Å². The van der Waals surface area contributed by atoms with Gasteiger partial charge in [0.1, 0.15) is 6.61 Å². The molecule has 0 aromatic heterocycles. The third kappa shape index (κ3) is 4.85. The number of hydrogen-bond donors (Lipinski definition) is 2. The van der Waals surface area contributed by atoms with E-state index in [-0.39, 0.29) is 12.5 Å². The molecule has 0 aliphatic rings. The molecule has 1 atom stereocenters. The molecule has 1 aromatic carbocycles. The molecule has 4 heteroatoms. The number of rotatable bonds is 7. The molecule has 0 aliphatic heterocycles. The number of anilines is 1. The zero-order chi connectivity index (χ0) is 13.4. The number of hydrogen-bond acceptors (Lipinski definition) is 3. The molecule has 0 aliphatic carbocycles. The molecule has 1 amide bonds. The van der Waals surface area contributed by atoms with E-state index < -0.39 is 0 Å². The minimum Gasteiger partial charge on any atom is -0.372 e. The van der Waals surface area contributed by atoms with Crippen molar-refractivity contribution in [3.8, 4) is 0 Å². The molecule has 2 N–H and O–H groups in total. The molecule has 0 saturated carbocycles. The molecule has 1 unspecified atom stereocenters. The van der Waals surface area contributed by atoms with Gasteiger partial charge in [-0.05, 0) is 38.1 Å². The Morgan fingerprint density at radius 1 is 1.28 bits per heavy atom. The van der Waals surface area contributed by atoms with E-state index in [0.29, 0.717) is 12.6 Å². The molecule has 1 aromatic rings. The maximum Gasteiger partial charge on any atom is 0.250 e. The monoisotopic (exact) mass is 250 g/mol. The van der Waals surface area contributed by atoms with Gasteiger partial charge in [0.05, 0.1) is 0 Å². The fourth-order valence-corrected chi connectivity index (χ4v) is 1.67. The smallest absolute Gasteiger partial charge is 0.250 e. The Morgan fingerprint density at radius 2 is 1.94 bits per heavy atom. The van der Waals surface area contributed by atoms with Gasteiger partial charge in [0, 0.05) is 18.3 Å². The standard InChI is InChI=1S/C14H22N2O2/c1-4-15-11(3)12-6-8-13(9-7-12)16-14(17)10-18-5-2/h6-9,11,15H,4-5,10H2,1-3H3,(H,16,17). The highest BCUT2D eigenvalue weighted by atomic mass is 16.5. The van der Waals surface area contributed by atoms with Crippen LogP contribution in [0.25, 0.3) is 0 Å². The second-order valence-electron chi connectivity index (χ2n) is 4.09. The lowest BCUT2D eigenvalue weighted by atomic mass is 10.1. The number of carbonyl (C=O) groups is 1. The summed E-state index contributed by atoms with van der Waals surface area (Å²) in [5.41, 5.74) is 2.01. The van der Waals surface area contributed by atoms with Gasteiger partial charge in [0.15, 0.2) is 0 Å². The van der Waals surface area contributed by atoms with Crippen molar-refractivity contribution in [1.29, 1.82) is 0 Å². The van der Waals surface area contributed by atoms with Crippen LogP contribution in [-0.2, 0) is 9.53 Å². The van der Waals surface area contributed by atoms with E-state index >= 15 is 0 Å². The van der Waals surface area contributed by atoms with Crippen molar-refractivity contribution >= 4 is 11.6 Å². The molecule has 0 fully saturated rings. The van der Waals surface area contributed by atoms with E-state index in [9.17, 15) is 4.79 Å². The second-order valence-corrected chi connectivity index (χ2v) is 4.09. The third-order valence-corrected chi connectivity index (χ3v) is 2.64. The summed E-state index contributed by atoms with van der Waals surface area (Å²) in [5.74, 6) is -0.121. The minimum absolute atomic E-state index is 0.103. The van der Waals surface area contributed by atoms with Gasteiger partial charge in [-0.25, -0.2) is 0 Å². The van der Waals surface area contributed by atoms with Gasteiger partial charge in [-0.2, -0.15) is 0 Å². The predicted molar refractivity (Wildman–Crippen MR) is 73.7 cm³/mol. The lowest BCUT2D eigenvalue weighted by Crippen LogP contribution is -2.19. The average molecular weight is 250 g/mol.